The molecule has 0 aliphatic heterocycles. The van der Waals surface area contributed by atoms with Crippen LogP contribution in [0.5, 0.6) is 0 Å². The number of hydrogen-bond acceptors (Lipinski definition) is 3. The van der Waals surface area contributed by atoms with Gasteiger partial charge >= 0.3 is 0 Å². The third-order valence-electron chi connectivity index (χ3n) is 2.40. The molecule has 3 nitrogen and oxygen atoms in total. The maximum absolute atomic E-state index is 8.50. The summed E-state index contributed by atoms with van der Waals surface area (Å²) in [5.41, 5.74) is 0. The lowest BCUT2D eigenvalue weighted by Crippen LogP contribution is -2.42. The minimum Gasteiger partial charge on any atom is -0.413 e. The van der Waals surface area contributed by atoms with Crippen molar-refractivity contribution in [2.75, 3.05) is 6.54 Å². The Balaban J connectivity index is 2.40. The molecule has 4 heteroatoms. The topological polar surface area (TPSA) is 45.0 Å². The zero-order chi connectivity index (χ0) is 10.6. The normalized spacial score (nSPS) is 27.6. The Kier molecular flexibility index (Phi) is 4.11. The van der Waals surface area contributed by atoms with E-state index in [0.717, 1.165) is 12.8 Å². The van der Waals surface area contributed by atoms with Gasteiger partial charge in [-0.15, -0.1) is 0 Å². The summed E-state index contributed by atoms with van der Waals surface area (Å²) < 4.78 is 6.08. The predicted octanol–water partition coefficient (Wildman–Crippen LogP) is 1.87. The third-order valence-corrected chi connectivity index (χ3v) is 3.41. The van der Waals surface area contributed by atoms with E-state index in [1.807, 2.05) is 0 Å². The molecule has 1 aliphatic rings. The van der Waals surface area contributed by atoms with Crippen LogP contribution in [-0.4, -0.2) is 27.0 Å². The standard InChI is InChI=1S/C10H20N2OSi/c1-14(2,3)13-10-6-4-5-9(10)12-8-7-11/h9-10,12H,4-6,8H2,1-3H3/t9?,10-/m1/s1. The molecule has 2 atom stereocenters. The Morgan fingerprint density at radius 3 is 2.71 bits per heavy atom. The summed E-state index contributed by atoms with van der Waals surface area (Å²) >= 11 is 0. The van der Waals surface area contributed by atoms with Gasteiger partial charge in [0.2, 0.25) is 0 Å². The molecule has 0 aromatic heterocycles. The van der Waals surface area contributed by atoms with Gasteiger partial charge in [-0.2, -0.15) is 5.26 Å². The lowest BCUT2D eigenvalue weighted by Gasteiger charge is -2.27. The first-order chi connectivity index (χ1) is 6.53. The molecule has 0 radical (unpaired) electrons. The number of nitriles is 1. The van der Waals surface area contributed by atoms with Gasteiger partial charge in [-0.05, 0) is 38.9 Å². The predicted molar refractivity (Wildman–Crippen MR) is 59.5 cm³/mol. The van der Waals surface area contributed by atoms with Gasteiger partial charge in [-0.25, -0.2) is 0 Å². The quantitative estimate of drug-likeness (QED) is 0.571. The fourth-order valence-electron chi connectivity index (χ4n) is 1.93. The molecule has 80 valence electrons. The summed E-state index contributed by atoms with van der Waals surface area (Å²) in [4.78, 5) is 0. The van der Waals surface area contributed by atoms with Gasteiger partial charge in [-0.3, -0.25) is 5.32 Å². The first kappa shape index (κ1) is 11.7. The second-order valence-electron chi connectivity index (χ2n) is 4.85. The van der Waals surface area contributed by atoms with Crippen molar-refractivity contribution in [1.29, 1.82) is 5.26 Å². The van der Waals surface area contributed by atoms with E-state index in [1.54, 1.807) is 0 Å². The summed E-state index contributed by atoms with van der Waals surface area (Å²) in [5.74, 6) is 0. The second kappa shape index (κ2) is 4.92. The smallest absolute Gasteiger partial charge is 0.184 e. The van der Waals surface area contributed by atoms with Crippen molar-refractivity contribution in [2.24, 2.45) is 0 Å². The minimum absolute atomic E-state index is 0.343. The van der Waals surface area contributed by atoms with E-state index in [4.69, 9.17) is 9.69 Å². The number of nitrogens with one attached hydrogen (secondary N) is 1. The molecule has 0 amide bonds. The van der Waals surface area contributed by atoms with Crippen molar-refractivity contribution in [3.8, 4) is 6.07 Å². The van der Waals surface area contributed by atoms with Crippen LogP contribution < -0.4 is 5.32 Å². The Morgan fingerprint density at radius 2 is 2.14 bits per heavy atom. The fourth-order valence-corrected chi connectivity index (χ4v) is 3.12. The minimum atomic E-state index is -1.43. The van der Waals surface area contributed by atoms with Crippen LogP contribution in [0.4, 0.5) is 0 Å². The molecular formula is C10H20N2OSi. The summed E-state index contributed by atoms with van der Waals surface area (Å²) in [7, 11) is -1.43. The van der Waals surface area contributed by atoms with E-state index in [1.165, 1.54) is 6.42 Å². The van der Waals surface area contributed by atoms with Crippen molar-refractivity contribution in [3.63, 3.8) is 0 Å². The van der Waals surface area contributed by atoms with Crippen LogP contribution in [0.25, 0.3) is 0 Å². The second-order valence-corrected chi connectivity index (χ2v) is 9.31. The molecule has 0 spiro atoms. The Labute approximate surface area is 87.6 Å². The molecule has 1 aliphatic carbocycles. The van der Waals surface area contributed by atoms with Crippen molar-refractivity contribution in [2.45, 2.75) is 51.0 Å². The highest BCUT2D eigenvalue weighted by molar-refractivity contribution is 6.69. The maximum Gasteiger partial charge on any atom is 0.184 e. The van der Waals surface area contributed by atoms with Crippen LogP contribution in [0.3, 0.4) is 0 Å². The molecular weight excluding hydrogens is 192 g/mol. The van der Waals surface area contributed by atoms with E-state index in [0.29, 0.717) is 18.7 Å². The molecule has 1 N–H and O–H groups in total. The zero-order valence-electron chi connectivity index (χ0n) is 9.34. The molecule has 14 heavy (non-hydrogen) atoms. The van der Waals surface area contributed by atoms with Gasteiger partial charge in [0, 0.05) is 6.04 Å². The van der Waals surface area contributed by atoms with Gasteiger partial charge in [0.05, 0.1) is 18.7 Å². The fraction of sp³-hybridized carbons (Fsp3) is 0.900. The van der Waals surface area contributed by atoms with Gasteiger partial charge < -0.3 is 4.43 Å². The molecule has 0 saturated heterocycles. The Hall–Kier alpha value is -0.373. The molecule has 0 heterocycles. The van der Waals surface area contributed by atoms with E-state index in [2.05, 4.69) is 31.0 Å². The van der Waals surface area contributed by atoms with Crippen molar-refractivity contribution in [3.05, 3.63) is 0 Å². The molecule has 0 aromatic carbocycles. The third kappa shape index (κ3) is 3.78. The number of rotatable bonds is 4. The van der Waals surface area contributed by atoms with Crippen LogP contribution >= 0.6 is 0 Å². The van der Waals surface area contributed by atoms with Crippen LogP contribution in [0, 0.1) is 11.3 Å². The monoisotopic (exact) mass is 212 g/mol. The van der Waals surface area contributed by atoms with Crippen LogP contribution in [0.2, 0.25) is 19.6 Å². The first-order valence-electron chi connectivity index (χ1n) is 5.31. The van der Waals surface area contributed by atoms with Gasteiger partial charge in [0.25, 0.3) is 0 Å². The highest BCUT2D eigenvalue weighted by atomic mass is 28.4. The summed E-state index contributed by atoms with van der Waals surface area (Å²) in [6, 6.07) is 2.53. The summed E-state index contributed by atoms with van der Waals surface area (Å²) in [6.07, 6.45) is 3.86. The van der Waals surface area contributed by atoms with E-state index in [9.17, 15) is 0 Å². The molecule has 0 aromatic rings. The lowest BCUT2D eigenvalue weighted by molar-refractivity contribution is 0.170. The molecule has 1 unspecified atom stereocenters. The molecule has 0 bridgehead atoms. The van der Waals surface area contributed by atoms with E-state index < -0.39 is 8.32 Å². The zero-order valence-corrected chi connectivity index (χ0v) is 10.3. The highest BCUT2D eigenvalue weighted by Gasteiger charge is 2.31. The average molecular weight is 212 g/mol. The van der Waals surface area contributed by atoms with Crippen LogP contribution in [-0.2, 0) is 4.43 Å². The first-order valence-corrected chi connectivity index (χ1v) is 8.72. The van der Waals surface area contributed by atoms with Crippen molar-refractivity contribution < 1.29 is 4.43 Å². The maximum atomic E-state index is 8.50. The van der Waals surface area contributed by atoms with Crippen LogP contribution in [0.15, 0.2) is 0 Å². The SMILES string of the molecule is C[Si](C)(C)O[C@@H]1CCCC1NCC#N. The molecule has 1 rings (SSSR count). The van der Waals surface area contributed by atoms with Crippen LogP contribution in [0.1, 0.15) is 19.3 Å². The Morgan fingerprint density at radius 1 is 1.43 bits per heavy atom. The van der Waals surface area contributed by atoms with Gasteiger partial charge in [0.1, 0.15) is 0 Å². The summed E-state index contributed by atoms with van der Waals surface area (Å²) in [5, 5.41) is 11.7. The highest BCUT2D eigenvalue weighted by Crippen LogP contribution is 2.24. The summed E-state index contributed by atoms with van der Waals surface area (Å²) in [6.45, 7) is 7.09. The molecule has 1 saturated carbocycles. The average Bonchev–Trinajstić information content (AvgIpc) is 2.45. The molecule has 1 fully saturated rings. The van der Waals surface area contributed by atoms with Gasteiger partial charge in [-0.1, -0.05) is 0 Å². The largest absolute Gasteiger partial charge is 0.413 e. The van der Waals surface area contributed by atoms with Crippen molar-refractivity contribution in [1.82, 2.24) is 5.32 Å². The number of nitrogens with zero attached hydrogens (tertiary/aromatic N) is 1. The van der Waals surface area contributed by atoms with Gasteiger partial charge in [0.15, 0.2) is 8.32 Å². The Bertz CT molecular complexity index is 219. The number of hydrogen-bond donors (Lipinski definition) is 1. The van der Waals surface area contributed by atoms with E-state index in [-0.39, 0.29) is 0 Å². The van der Waals surface area contributed by atoms with E-state index >= 15 is 0 Å². The lowest BCUT2D eigenvalue weighted by atomic mass is 10.2. The van der Waals surface area contributed by atoms with Crippen molar-refractivity contribution >= 4 is 8.32 Å².